The fourth-order valence-electron chi connectivity index (χ4n) is 3.16. The van der Waals surface area contributed by atoms with Crippen molar-refractivity contribution in [1.82, 2.24) is 9.55 Å². The summed E-state index contributed by atoms with van der Waals surface area (Å²) in [5.74, 6) is -0.451. The van der Waals surface area contributed by atoms with Crippen LogP contribution in [0.1, 0.15) is 17.3 Å². The minimum Gasteiger partial charge on any atom is -0.463 e. The molecule has 4 rings (SSSR count). The van der Waals surface area contributed by atoms with Crippen LogP contribution in [0, 0.1) is 0 Å². The maximum atomic E-state index is 12.3. The third kappa shape index (κ3) is 3.46. The van der Waals surface area contributed by atoms with E-state index in [-0.39, 0.29) is 11.7 Å². The first-order chi connectivity index (χ1) is 13.3. The number of halogens is 3. The zero-order chi connectivity index (χ0) is 19.9. The van der Waals surface area contributed by atoms with Crippen LogP contribution in [0.25, 0.3) is 11.8 Å². The van der Waals surface area contributed by atoms with Crippen molar-refractivity contribution in [3.8, 4) is 11.4 Å². The van der Waals surface area contributed by atoms with E-state index in [1.165, 1.54) is 24.3 Å². The third-order valence-electron chi connectivity index (χ3n) is 4.27. The number of carbonyl (C=O) groups is 1. The molecule has 2 aliphatic carbocycles. The van der Waals surface area contributed by atoms with Crippen LogP contribution >= 0.6 is 0 Å². The zero-order valence-electron chi connectivity index (χ0n) is 14.1. The Kier molecular flexibility index (Phi) is 4.14. The Morgan fingerprint density at radius 1 is 1.18 bits per heavy atom. The topological polar surface area (TPSA) is 76.7 Å². The normalized spacial score (nSPS) is 19.2. The maximum absolute atomic E-state index is 12.3. The van der Waals surface area contributed by atoms with Crippen molar-refractivity contribution in [3.63, 3.8) is 0 Å². The zero-order valence-corrected chi connectivity index (χ0v) is 14.1. The van der Waals surface area contributed by atoms with Crippen molar-refractivity contribution < 1.29 is 27.8 Å². The van der Waals surface area contributed by atoms with Crippen LogP contribution < -0.4 is 4.74 Å². The highest BCUT2D eigenvalue weighted by Gasteiger charge is 2.31. The van der Waals surface area contributed by atoms with Gasteiger partial charge in [-0.15, -0.1) is 13.2 Å². The van der Waals surface area contributed by atoms with Crippen LogP contribution in [-0.2, 0) is 0 Å². The molecule has 1 N–H and O–H groups in total. The van der Waals surface area contributed by atoms with Gasteiger partial charge in [-0.2, -0.15) is 4.99 Å². The van der Waals surface area contributed by atoms with E-state index in [2.05, 4.69) is 14.7 Å². The first-order valence-electron chi connectivity index (χ1n) is 8.13. The average molecular weight is 387 g/mol. The van der Waals surface area contributed by atoms with Crippen molar-refractivity contribution in [3.05, 3.63) is 71.9 Å². The number of benzene rings is 1. The Bertz CT molecular complexity index is 1060. The van der Waals surface area contributed by atoms with Gasteiger partial charge in [0.15, 0.2) is 0 Å². The number of imidazole rings is 1. The summed E-state index contributed by atoms with van der Waals surface area (Å²) >= 11 is 0. The van der Waals surface area contributed by atoms with E-state index in [0.29, 0.717) is 11.4 Å². The van der Waals surface area contributed by atoms with Gasteiger partial charge in [0.2, 0.25) is 0 Å². The number of nitrogens with zero attached hydrogens (tertiary/aromatic N) is 3. The Hall–Kier alpha value is -3.62. The van der Waals surface area contributed by atoms with Crippen molar-refractivity contribution in [2.75, 3.05) is 0 Å². The Balaban J connectivity index is 1.64. The number of hydrogen-bond donors (Lipinski definition) is 1. The molecule has 0 saturated carbocycles. The highest BCUT2D eigenvalue weighted by atomic mass is 19.4. The second-order valence-corrected chi connectivity index (χ2v) is 6.06. The van der Waals surface area contributed by atoms with E-state index < -0.39 is 12.5 Å². The van der Waals surface area contributed by atoms with Crippen LogP contribution in [0.15, 0.2) is 65.5 Å². The second kappa shape index (κ2) is 6.52. The van der Waals surface area contributed by atoms with E-state index in [4.69, 9.17) is 5.11 Å². The Labute approximate surface area is 156 Å². The Morgan fingerprint density at radius 3 is 2.61 bits per heavy atom. The van der Waals surface area contributed by atoms with E-state index in [1.54, 1.807) is 23.0 Å². The van der Waals surface area contributed by atoms with Gasteiger partial charge in [0.05, 0.1) is 17.1 Å². The number of hydrogen-bond acceptors (Lipinski definition) is 3. The van der Waals surface area contributed by atoms with Crippen LogP contribution in [0.3, 0.4) is 0 Å². The molecule has 0 fully saturated rings. The van der Waals surface area contributed by atoms with Crippen LogP contribution in [-0.4, -0.2) is 32.8 Å². The molecule has 28 heavy (non-hydrogen) atoms. The number of allylic oxidation sites excluding steroid dienone is 5. The van der Waals surface area contributed by atoms with E-state index in [0.717, 1.165) is 17.0 Å². The van der Waals surface area contributed by atoms with Crippen LogP contribution in [0.4, 0.5) is 18.0 Å². The van der Waals surface area contributed by atoms with Crippen molar-refractivity contribution in [2.45, 2.75) is 12.3 Å². The quantitative estimate of drug-likeness (QED) is 0.823. The van der Waals surface area contributed by atoms with Gasteiger partial charge in [0.1, 0.15) is 12.1 Å². The molecule has 1 aromatic heterocycles. The highest BCUT2D eigenvalue weighted by Crippen LogP contribution is 2.37. The molecular formula is C19H12F3N3O3. The number of aromatic nitrogens is 2. The molecule has 1 aromatic carbocycles. The molecule has 142 valence electrons. The second-order valence-electron chi connectivity index (χ2n) is 6.06. The number of alkyl halides is 3. The summed E-state index contributed by atoms with van der Waals surface area (Å²) in [6.45, 7) is 0. The van der Waals surface area contributed by atoms with Crippen molar-refractivity contribution in [2.24, 2.45) is 4.99 Å². The van der Waals surface area contributed by atoms with Gasteiger partial charge in [-0.25, -0.2) is 9.78 Å². The molecule has 2 aromatic rings. The minimum absolute atomic E-state index is 0.151. The standard InChI is InChI=1S/C19H12F3N3O3/c20-19(21,22)28-14-5-3-13(4-6-14)25-10-23-17-15-7-2-12(24-18(26)27)9-11(15)1-8-16(17)25/h1-10,15H,(H,26,27). The molecule has 0 spiro atoms. The highest BCUT2D eigenvalue weighted by molar-refractivity contribution is 6.10. The molecule has 1 heterocycles. The summed E-state index contributed by atoms with van der Waals surface area (Å²) < 4.78 is 42.5. The molecule has 6 nitrogen and oxygen atoms in total. The summed E-state index contributed by atoms with van der Waals surface area (Å²) in [5.41, 5.74) is 3.37. The SMILES string of the molecule is O=C(O)N=C1C=CC2C(=C1)C=Cc1c2ncn1-c1ccc(OC(F)(F)F)cc1. The fraction of sp³-hybridized carbons (Fsp3) is 0.105. The molecule has 0 bridgehead atoms. The van der Waals surface area contributed by atoms with E-state index >= 15 is 0 Å². The maximum Gasteiger partial charge on any atom is 0.573 e. The van der Waals surface area contributed by atoms with Gasteiger partial charge in [0.25, 0.3) is 0 Å². The van der Waals surface area contributed by atoms with Crippen molar-refractivity contribution >= 4 is 17.9 Å². The Morgan fingerprint density at radius 2 is 1.93 bits per heavy atom. The van der Waals surface area contributed by atoms with Crippen LogP contribution in [0.2, 0.25) is 0 Å². The van der Waals surface area contributed by atoms with Gasteiger partial charge in [-0.3, -0.25) is 4.57 Å². The average Bonchev–Trinajstić information content (AvgIpc) is 3.04. The lowest BCUT2D eigenvalue weighted by molar-refractivity contribution is -0.274. The molecule has 1 atom stereocenters. The number of ether oxygens (including phenoxy) is 1. The molecule has 2 aliphatic rings. The lowest BCUT2D eigenvalue weighted by Gasteiger charge is -2.21. The summed E-state index contributed by atoms with van der Waals surface area (Å²) in [6, 6.07) is 5.50. The van der Waals surface area contributed by atoms with Gasteiger partial charge in [-0.05, 0) is 48.1 Å². The molecule has 1 unspecified atom stereocenters. The first kappa shape index (κ1) is 17.8. The lowest BCUT2D eigenvalue weighted by Crippen LogP contribution is -2.17. The molecule has 1 amide bonds. The summed E-state index contributed by atoms with van der Waals surface area (Å²) in [4.78, 5) is 18.7. The van der Waals surface area contributed by atoms with E-state index in [1.807, 2.05) is 18.2 Å². The summed E-state index contributed by atoms with van der Waals surface area (Å²) in [5, 5.41) is 8.78. The number of rotatable bonds is 2. The number of aliphatic imine (C=N–C) groups is 1. The predicted octanol–water partition coefficient (Wildman–Crippen LogP) is 4.50. The molecule has 0 saturated heterocycles. The predicted molar refractivity (Wildman–Crippen MR) is 94.7 cm³/mol. The van der Waals surface area contributed by atoms with Crippen LogP contribution in [0.5, 0.6) is 5.75 Å². The lowest BCUT2D eigenvalue weighted by atomic mass is 9.85. The van der Waals surface area contributed by atoms with Gasteiger partial charge < -0.3 is 9.84 Å². The van der Waals surface area contributed by atoms with E-state index in [9.17, 15) is 18.0 Å². The summed E-state index contributed by atoms with van der Waals surface area (Å²) in [7, 11) is 0. The summed E-state index contributed by atoms with van der Waals surface area (Å²) in [6.07, 6.45) is 4.36. The molecule has 0 radical (unpaired) electrons. The number of carboxylic acid groups (broad SMARTS) is 1. The van der Waals surface area contributed by atoms with Gasteiger partial charge >= 0.3 is 12.5 Å². The molecule has 9 heteroatoms. The van der Waals surface area contributed by atoms with Gasteiger partial charge in [0, 0.05) is 11.6 Å². The largest absolute Gasteiger partial charge is 0.573 e. The fourth-order valence-corrected chi connectivity index (χ4v) is 3.16. The minimum atomic E-state index is -4.74. The van der Waals surface area contributed by atoms with Gasteiger partial charge in [-0.1, -0.05) is 12.2 Å². The third-order valence-corrected chi connectivity index (χ3v) is 4.27. The number of fused-ring (bicyclic) bond motifs is 3. The molecule has 0 aliphatic heterocycles. The monoisotopic (exact) mass is 387 g/mol. The molecular weight excluding hydrogens is 375 g/mol. The smallest absolute Gasteiger partial charge is 0.463 e. The number of amides is 1. The van der Waals surface area contributed by atoms with Crippen molar-refractivity contribution in [1.29, 1.82) is 0 Å². The first-order valence-corrected chi connectivity index (χ1v) is 8.13.